The van der Waals surface area contributed by atoms with Gasteiger partial charge in [-0.2, -0.15) is 0 Å². The Morgan fingerprint density at radius 2 is 0.982 bits per heavy atom. The van der Waals surface area contributed by atoms with Crippen LogP contribution in [-0.4, -0.2) is 131 Å². The summed E-state index contributed by atoms with van der Waals surface area (Å²) in [7, 11) is 0. The van der Waals surface area contributed by atoms with Gasteiger partial charge in [-0.05, 0) is 74.2 Å². The number of piperidine rings is 2. The molecule has 55 heavy (non-hydrogen) atoms. The van der Waals surface area contributed by atoms with E-state index >= 15 is 0 Å². The Balaban J connectivity index is 1.04. The Labute approximate surface area is 323 Å². The van der Waals surface area contributed by atoms with Crippen molar-refractivity contribution in [3.63, 3.8) is 0 Å². The highest BCUT2D eigenvalue weighted by Gasteiger charge is 2.31. The number of nitrogens with zero attached hydrogens (tertiary/aromatic N) is 6. The summed E-state index contributed by atoms with van der Waals surface area (Å²) in [6, 6.07) is 8.48. The number of benzene rings is 2. The molecule has 0 radical (unpaired) electrons. The van der Waals surface area contributed by atoms with Gasteiger partial charge in [0.1, 0.15) is 0 Å². The molecular formula is C38H46N8O8S. The van der Waals surface area contributed by atoms with Crippen LogP contribution in [0.4, 0.5) is 11.4 Å². The number of piperazine rings is 2. The van der Waals surface area contributed by atoms with Crippen LogP contribution in [0.15, 0.2) is 58.3 Å². The van der Waals surface area contributed by atoms with E-state index in [0.717, 1.165) is 63.4 Å². The summed E-state index contributed by atoms with van der Waals surface area (Å²) in [4.78, 5) is 81.8. The minimum absolute atomic E-state index is 0.0706. The topological polar surface area (TPSA) is 192 Å². The van der Waals surface area contributed by atoms with Crippen molar-refractivity contribution in [2.24, 2.45) is 0 Å². The van der Waals surface area contributed by atoms with E-state index in [1.54, 1.807) is 31.7 Å². The van der Waals surface area contributed by atoms with E-state index in [-0.39, 0.29) is 56.9 Å². The molecule has 2 aromatic rings. The van der Waals surface area contributed by atoms with Crippen molar-refractivity contribution in [1.82, 2.24) is 30.2 Å². The average Bonchev–Trinajstić information content (AvgIpc) is 3.22. The van der Waals surface area contributed by atoms with Crippen LogP contribution in [0.2, 0.25) is 0 Å². The molecule has 16 nitrogen and oxygen atoms in total. The number of carbonyl (C=O) groups is 4. The van der Waals surface area contributed by atoms with Crippen LogP contribution < -0.4 is 10.6 Å². The summed E-state index contributed by atoms with van der Waals surface area (Å²) in [6.07, 6.45) is 11.5. The SMILES string of the molecule is O=C(/C=C/c1ccc(Sc2ccc(/C=C/C(=O)N3CCN(C(=O)C4CCCCN4)CC3)cc2[N+](=O)[O-])c([N+](=O)[O-])c1)N1CCN(C(=O)C2CCCCN2)CC1. The molecule has 292 valence electrons. The molecule has 4 saturated heterocycles. The molecule has 17 heteroatoms. The number of carbonyl (C=O) groups excluding carboxylic acids is 4. The number of nitrogens with one attached hydrogen (secondary N) is 2. The Hall–Kier alpha value is -5.13. The van der Waals surface area contributed by atoms with Crippen LogP contribution in [0.5, 0.6) is 0 Å². The molecule has 4 aliphatic heterocycles. The van der Waals surface area contributed by atoms with Gasteiger partial charge in [-0.3, -0.25) is 39.4 Å². The highest BCUT2D eigenvalue weighted by Crippen LogP contribution is 2.40. The van der Waals surface area contributed by atoms with E-state index in [1.165, 1.54) is 48.6 Å². The number of amides is 4. The molecule has 0 bridgehead atoms. The van der Waals surface area contributed by atoms with Crippen LogP contribution >= 0.6 is 11.8 Å². The van der Waals surface area contributed by atoms with E-state index in [1.807, 2.05) is 0 Å². The first-order valence-electron chi connectivity index (χ1n) is 18.8. The number of hydrogen-bond donors (Lipinski definition) is 2. The summed E-state index contributed by atoms with van der Waals surface area (Å²) in [5, 5.41) is 30.7. The molecule has 0 aromatic heterocycles. The second-order valence-corrected chi connectivity index (χ2v) is 15.1. The van der Waals surface area contributed by atoms with Crippen molar-refractivity contribution in [3.05, 3.63) is 79.9 Å². The Morgan fingerprint density at radius 3 is 1.33 bits per heavy atom. The van der Waals surface area contributed by atoms with Gasteiger partial charge in [0.2, 0.25) is 23.6 Å². The second-order valence-electron chi connectivity index (χ2n) is 14.0. The predicted molar refractivity (Wildman–Crippen MR) is 206 cm³/mol. The van der Waals surface area contributed by atoms with Gasteiger partial charge in [-0.25, -0.2) is 0 Å². The minimum Gasteiger partial charge on any atom is -0.338 e. The maximum atomic E-state index is 12.9. The molecule has 4 aliphatic rings. The zero-order valence-electron chi connectivity index (χ0n) is 30.6. The Bertz CT molecular complexity index is 1710. The van der Waals surface area contributed by atoms with Gasteiger partial charge < -0.3 is 30.2 Å². The van der Waals surface area contributed by atoms with E-state index in [2.05, 4.69) is 10.6 Å². The minimum atomic E-state index is -0.573. The van der Waals surface area contributed by atoms with Gasteiger partial charge in [-0.1, -0.05) is 36.7 Å². The molecule has 4 fully saturated rings. The predicted octanol–water partition coefficient (Wildman–Crippen LogP) is 3.31. The van der Waals surface area contributed by atoms with Crippen LogP contribution in [0.25, 0.3) is 12.2 Å². The van der Waals surface area contributed by atoms with Crippen molar-refractivity contribution in [2.75, 3.05) is 65.4 Å². The van der Waals surface area contributed by atoms with E-state index in [4.69, 9.17) is 0 Å². The summed E-state index contributed by atoms with van der Waals surface area (Å²) in [5.74, 6) is -0.392. The first-order chi connectivity index (χ1) is 26.6. The van der Waals surface area contributed by atoms with Gasteiger partial charge in [0, 0.05) is 76.6 Å². The molecule has 2 unspecified atom stereocenters. The van der Waals surface area contributed by atoms with Crippen molar-refractivity contribution < 1.29 is 29.0 Å². The monoisotopic (exact) mass is 774 g/mol. The molecule has 2 N–H and O–H groups in total. The van der Waals surface area contributed by atoms with Crippen molar-refractivity contribution in [2.45, 2.75) is 60.4 Å². The molecule has 4 heterocycles. The largest absolute Gasteiger partial charge is 0.338 e. The Morgan fingerprint density at radius 1 is 0.600 bits per heavy atom. The zero-order valence-corrected chi connectivity index (χ0v) is 31.4. The van der Waals surface area contributed by atoms with Crippen LogP contribution in [0.1, 0.15) is 49.7 Å². The number of rotatable bonds is 10. The summed E-state index contributed by atoms with van der Waals surface area (Å²) in [6.45, 7) is 4.98. The molecule has 4 amide bonds. The molecule has 0 aliphatic carbocycles. The lowest BCUT2D eigenvalue weighted by atomic mass is 10.0. The first kappa shape index (κ1) is 39.6. The smallest absolute Gasteiger partial charge is 0.283 e. The van der Waals surface area contributed by atoms with Gasteiger partial charge >= 0.3 is 0 Å². The lowest BCUT2D eigenvalue weighted by Gasteiger charge is -2.37. The summed E-state index contributed by atoms with van der Waals surface area (Å²) in [5.41, 5.74) is 0.276. The maximum absolute atomic E-state index is 12.9. The molecule has 0 saturated carbocycles. The number of nitro benzene ring substituents is 2. The fourth-order valence-corrected chi connectivity index (χ4v) is 8.24. The van der Waals surface area contributed by atoms with Crippen LogP contribution in [-0.2, 0) is 19.2 Å². The average molecular weight is 775 g/mol. The van der Waals surface area contributed by atoms with Crippen molar-refractivity contribution >= 4 is 58.9 Å². The van der Waals surface area contributed by atoms with Crippen LogP contribution in [0, 0.1) is 20.2 Å². The van der Waals surface area contributed by atoms with Crippen molar-refractivity contribution in [1.29, 1.82) is 0 Å². The molecule has 6 rings (SSSR count). The molecular weight excluding hydrogens is 729 g/mol. The summed E-state index contributed by atoms with van der Waals surface area (Å²) < 4.78 is 0. The number of nitro groups is 2. The second kappa shape index (κ2) is 18.5. The standard InChI is InChI=1S/C38H46N8O8S/c47-35(41-17-21-43(22-18-41)37(49)29-5-1-3-15-39-29)13-9-27-7-11-33(31(25-27)45(51)52)55-34-12-8-28(26-32(34)46(53)54)10-14-36(48)42-19-23-44(24-20-42)38(50)30-6-2-4-16-40-30/h7-14,25-26,29-30,39-40H,1-6,15-24H2/b13-9+,14-10+. The number of hydrogen-bond acceptors (Lipinski definition) is 11. The maximum Gasteiger partial charge on any atom is 0.283 e. The lowest BCUT2D eigenvalue weighted by Crippen LogP contribution is -2.55. The van der Waals surface area contributed by atoms with E-state index in [9.17, 15) is 39.4 Å². The Kier molecular flexibility index (Phi) is 13.3. The van der Waals surface area contributed by atoms with Gasteiger partial charge in [0.15, 0.2) is 0 Å². The quantitative estimate of drug-likeness (QED) is 0.205. The highest BCUT2D eigenvalue weighted by molar-refractivity contribution is 7.99. The van der Waals surface area contributed by atoms with E-state index < -0.39 is 9.85 Å². The summed E-state index contributed by atoms with van der Waals surface area (Å²) >= 11 is 0.879. The van der Waals surface area contributed by atoms with Crippen LogP contribution in [0.3, 0.4) is 0 Å². The third-order valence-corrected chi connectivity index (χ3v) is 11.6. The van der Waals surface area contributed by atoms with E-state index in [0.29, 0.717) is 63.5 Å². The van der Waals surface area contributed by atoms with Gasteiger partial charge in [0.05, 0.1) is 31.7 Å². The van der Waals surface area contributed by atoms with Gasteiger partial charge in [-0.15, -0.1) is 0 Å². The van der Waals surface area contributed by atoms with Gasteiger partial charge in [0.25, 0.3) is 11.4 Å². The fraction of sp³-hybridized carbons (Fsp3) is 0.474. The first-order valence-corrected chi connectivity index (χ1v) is 19.6. The van der Waals surface area contributed by atoms with Crippen molar-refractivity contribution in [3.8, 4) is 0 Å². The third kappa shape index (κ3) is 10.1. The molecule has 0 spiro atoms. The molecule has 2 atom stereocenters. The highest BCUT2D eigenvalue weighted by atomic mass is 32.2. The molecule has 2 aromatic carbocycles. The zero-order chi connectivity index (χ0) is 38.9. The lowest BCUT2D eigenvalue weighted by molar-refractivity contribution is -0.388. The third-order valence-electron chi connectivity index (χ3n) is 10.4. The normalized spacial score (nSPS) is 20.9. The fourth-order valence-electron chi connectivity index (χ4n) is 7.26.